The quantitative estimate of drug-likeness (QED) is 0.553. The van der Waals surface area contributed by atoms with Gasteiger partial charge in [-0.05, 0) is 45.3 Å². The Morgan fingerprint density at radius 1 is 0.938 bits per heavy atom. The summed E-state index contributed by atoms with van der Waals surface area (Å²) in [6, 6.07) is 0. The van der Waals surface area contributed by atoms with Crippen LogP contribution in [0.4, 0.5) is 0 Å². The Morgan fingerprint density at radius 3 is 2.19 bits per heavy atom. The van der Waals surface area contributed by atoms with Crippen LogP contribution in [-0.4, -0.2) is 43.3 Å². The van der Waals surface area contributed by atoms with Gasteiger partial charge < -0.3 is 4.90 Å². The molecule has 0 amide bonds. The predicted octanol–water partition coefficient (Wildman–Crippen LogP) is 1.92. The molecule has 0 radical (unpaired) electrons. The number of piperidine rings is 1. The molecule has 1 N–H and O–H groups in total. The molecule has 5 heteroatoms. The highest BCUT2D eigenvalue weighted by atomic mass is 32.2. The lowest BCUT2D eigenvalue weighted by molar-refractivity contribution is 0.224. The number of hydrogen-bond donors (Lipinski definition) is 1. The molecule has 16 heavy (non-hydrogen) atoms. The van der Waals surface area contributed by atoms with Gasteiger partial charge in [0.15, 0.2) is 0 Å². The van der Waals surface area contributed by atoms with Gasteiger partial charge >= 0.3 is 0 Å². The summed E-state index contributed by atoms with van der Waals surface area (Å²) in [6.07, 6.45) is 7.69. The second-order valence-corrected chi connectivity index (χ2v) is 6.17. The Kier molecular flexibility index (Phi) is 6.31. The van der Waals surface area contributed by atoms with Crippen LogP contribution in [0.1, 0.15) is 44.9 Å². The van der Waals surface area contributed by atoms with Crippen molar-refractivity contribution in [2.24, 2.45) is 0 Å². The number of rotatable bonds is 7. The molecule has 1 aliphatic rings. The fourth-order valence-corrected chi connectivity index (χ4v) is 2.73. The minimum atomic E-state index is -3.74. The van der Waals surface area contributed by atoms with Gasteiger partial charge in [0, 0.05) is 0 Å². The van der Waals surface area contributed by atoms with Crippen LogP contribution in [0.5, 0.6) is 0 Å². The van der Waals surface area contributed by atoms with Crippen LogP contribution in [0.25, 0.3) is 0 Å². The van der Waals surface area contributed by atoms with Crippen LogP contribution in [0.2, 0.25) is 0 Å². The highest BCUT2D eigenvalue weighted by molar-refractivity contribution is 7.85. The maximum Gasteiger partial charge on any atom is 0.264 e. The van der Waals surface area contributed by atoms with E-state index < -0.39 is 10.1 Å². The zero-order chi connectivity index (χ0) is 11.9. The first kappa shape index (κ1) is 13.9. The monoisotopic (exact) mass is 249 g/mol. The van der Waals surface area contributed by atoms with Gasteiger partial charge in [0.1, 0.15) is 0 Å². The van der Waals surface area contributed by atoms with Gasteiger partial charge in [-0.3, -0.25) is 4.55 Å². The minimum absolute atomic E-state index is 0.0866. The van der Waals surface area contributed by atoms with E-state index in [4.69, 9.17) is 4.55 Å². The number of nitrogens with zero attached hydrogens (tertiary/aromatic N) is 1. The molecular formula is C11H23NO3S. The van der Waals surface area contributed by atoms with Crippen LogP contribution < -0.4 is 0 Å². The van der Waals surface area contributed by atoms with Crippen LogP contribution in [0.3, 0.4) is 0 Å². The first-order valence-electron chi connectivity index (χ1n) is 6.25. The molecule has 0 atom stereocenters. The molecule has 1 aliphatic heterocycles. The normalized spacial score (nSPS) is 18.8. The van der Waals surface area contributed by atoms with Gasteiger partial charge in [-0.2, -0.15) is 8.42 Å². The third kappa shape index (κ3) is 7.19. The Morgan fingerprint density at radius 2 is 1.56 bits per heavy atom. The standard InChI is InChI=1S/C11H23NO3S/c13-16(14,15)11-7-2-1-4-8-12-9-5-3-6-10-12/h1-11H2,(H,13,14,15). The molecule has 1 saturated heterocycles. The van der Waals surface area contributed by atoms with Crippen molar-refractivity contribution < 1.29 is 13.0 Å². The molecular weight excluding hydrogens is 226 g/mol. The van der Waals surface area contributed by atoms with E-state index in [1.165, 1.54) is 32.4 Å². The average Bonchev–Trinajstić information content (AvgIpc) is 2.23. The smallest absolute Gasteiger partial charge is 0.264 e. The van der Waals surface area contributed by atoms with Gasteiger partial charge in [0.2, 0.25) is 0 Å². The Balaban J connectivity index is 1.91. The highest BCUT2D eigenvalue weighted by Gasteiger charge is 2.09. The van der Waals surface area contributed by atoms with Crippen molar-refractivity contribution in [1.29, 1.82) is 0 Å². The molecule has 1 heterocycles. The van der Waals surface area contributed by atoms with Crippen molar-refractivity contribution in [3.63, 3.8) is 0 Å². The van der Waals surface area contributed by atoms with Crippen molar-refractivity contribution in [3.05, 3.63) is 0 Å². The van der Waals surface area contributed by atoms with Crippen molar-refractivity contribution >= 4 is 10.1 Å². The molecule has 0 bridgehead atoms. The van der Waals surface area contributed by atoms with E-state index >= 15 is 0 Å². The van der Waals surface area contributed by atoms with E-state index in [9.17, 15) is 8.42 Å². The maximum atomic E-state index is 10.5. The molecule has 0 unspecified atom stereocenters. The zero-order valence-electron chi connectivity index (χ0n) is 9.90. The topological polar surface area (TPSA) is 57.6 Å². The predicted molar refractivity (Wildman–Crippen MR) is 65.2 cm³/mol. The van der Waals surface area contributed by atoms with Crippen molar-refractivity contribution in [3.8, 4) is 0 Å². The summed E-state index contributed by atoms with van der Waals surface area (Å²) in [6.45, 7) is 3.60. The van der Waals surface area contributed by atoms with E-state index in [2.05, 4.69) is 4.90 Å². The molecule has 0 aliphatic carbocycles. The Hall–Kier alpha value is -0.130. The molecule has 0 aromatic rings. The van der Waals surface area contributed by atoms with Gasteiger partial charge in [0.05, 0.1) is 5.75 Å². The molecule has 0 spiro atoms. The maximum absolute atomic E-state index is 10.5. The van der Waals surface area contributed by atoms with Crippen LogP contribution in [0, 0.1) is 0 Å². The van der Waals surface area contributed by atoms with Gasteiger partial charge in [-0.15, -0.1) is 0 Å². The summed E-state index contributed by atoms with van der Waals surface area (Å²) in [7, 11) is -3.74. The first-order chi connectivity index (χ1) is 7.58. The summed E-state index contributed by atoms with van der Waals surface area (Å²) in [5.74, 6) is -0.0866. The van der Waals surface area contributed by atoms with E-state index in [0.29, 0.717) is 6.42 Å². The molecule has 0 aromatic carbocycles. The Bertz CT molecular complexity index is 271. The summed E-state index contributed by atoms with van der Waals surface area (Å²) in [5.41, 5.74) is 0. The van der Waals surface area contributed by atoms with Gasteiger partial charge in [0.25, 0.3) is 10.1 Å². The number of hydrogen-bond acceptors (Lipinski definition) is 3. The van der Waals surface area contributed by atoms with Crippen LogP contribution in [0.15, 0.2) is 0 Å². The molecule has 0 saturated carbocycles. The number of likely N-dealkylation sites (tertiary alicyclic amines) is 1. The Labute approximate surface area is 98.8 Å². The summed E-state index contributed by atoms with van der Waals surface area (Å²) < 4.78 is 29.5. The number of unbranched alkanes of at least 4 members (excludes halogenated alkanes) is 3. The lowest BCUT2D eigenvalue weighted by Gasteiger charge is -2.26. The lowest BCUT2D eigenvalue weighted by atomic mass is 10.1. The van der Waals surface area contributed by atoms with Crippen LogP contribution >= 0.6 is 0 Å². The first-order valence-corrected chi connectivity index (χ1v) is 7.86. The SMILES string of the molecule is O=S(=O)(O)CCCCCCN1CCCCC1. The van der Waals surface area contributed by atoms with E-state index in [1.807, 2.05) is 0 Å². The summed E-state index contributed by atoms with van der Waals surface area (Å²) in [4.78, 5) is 2.49. The molecule has 1 rings (SSSR count). The fraction of sp³-hybridized carbons (Fsp3) is 1.00. The highest BCUT2D eigenvalue weighted by Crippen LogP contribution is 2.10. The van der Waals surface area contributed by atoms with E-state index in [1.54, 1.807) is 0 Å². The second kappa shape index (κ2) is 7.25. The second-order valence-electron chi connectivity index (χ2n) is 4.60. The third-order valence-corrected chi connectivity index (χ3v) is 3.88. The molecule has 1 fully saturated rings. The van der Waals surface area contributed by atoms with Crippen LogP contribution in [-0.2, 0) is 10.1 Å². The van der Waals surface area contributed by atoms with E-state index in [0.717, 1.165) is 25.8 Å². The van der Waals surface area contributed by atoms with Gasteiger partial charge in [-0.1, -0.05) is 19.3 Å². The average molecular weight is 249 g/mol. The molecule has 0 aromatic heterocycles. The van der Waals surface area contributed by atoms with Crippen molar-refractivity contribution in [2.75, 3.05) is 25.4 Å². The summed E-state index contributed by atoms with van der Waals surface area (Å²) in [5, 5.41) is 0. The minimum Gasteiger partial charge on any atom is -0.303 e. The summed E-state index contributed by atoms with van der Waals surface area (Å²) >= 11 is 0. The molecule has 96 valence electrons. The molecule has 4 nitrogen and oxygen atoms in total. The van der Waals surface area contributed by atoms with Crippen molar-refractivity contribution in [2.45, 2.75) is 44.9 Å². The largest absolute Gasteiger partial charge is 0.303 e. The zero-order valence-corrected chi connectivity index (χ0v) is 10.7. The van der Waals surface area contributed by atoms with E-state index in [-0.39, 0.29) is 5.75 Å². The van der Waals surface area contributed by atoms with Gasteiger partial charge in [-0.25, -0.2) is 0 Å². The third-order valence-electron chi connectivity index (χ3n) is 3.08. The fourth-order valence-electron chi connectivity index (χ4n) is 2.16. The lowest BCUT2D eigenvalue weighted by Crippen LogP contribution is -2.30. The van der Waals surface area contributed by atoms with Crippen molar-refractivity contribution in [1.82, 2.24) is 4.90 Å².